The summed E-state index contributed by atoms with van der Waals surface area (Å²) in [5.41, 5.74) is -0.925. The predicted octanol–water partition coefficient (Wildman–Crippen LogP) is 4.27. The standard InChI is InChI=1S/C21H22F3NO3/c1-2-20(19(27)28,16-11-7-4-8-12-16)14-25-18(26)13-17(21(22,23)24)15-9-5-3-6-10-15/h3-12,17H,2,13-14H2,1H3,(H,25,26)(H,27,28). The molecule has 4 nitrogen and oxygen atoms in total. The summed E-state index contributed by atoms with van der Waals surface area (Å²) in [7, 11) is 0. The summed E-state index contributed by atoms with van der Waals surface area (Å²) < 4.78 is 40.3. The van der Waals surface area contributed by atoms with Crippen LogP contribution in [0.25, 0.3) is 0 Å². The fourth-order valence-corrected chi connectivity index (χ4v) is 3.15. The molecule has 28 heavy (non-hydrogen) atoms. The topological polar surface area (TPSA) is 66.4 Å². The molecule has 2 rings (SSSR count). The van der Waals surface area contributed by atoms with Gasteiger partial charge in [-0.1, -0.05) is 67.6 Å². The Bertz CT molecular complexity index is 794. The predicted molar refractivity (Wildman–Crippen MR) is 98.9 cm³/mol. The Morgan fingerprint density at radius 1 is 1.00 bits per heavy atom. The minimum absolute atomic E-state index is 0.00630. The Labute approximate surface area is 161 Å². The van der Waals surface area contributed by atoms with Gasteiger partial charge in [-0.05, 0) is 17.5 Å². The number of rotatable bonds is 8. The molecule has 1 amide bonds. The van der Waals surface area contributed by atoms with Crippen LogP contribution >= 0.6 is 0 Å². The number of nitrogens with one attached hydrogen (secondary N) is 1. The van der Waals surface area contributed by atoms with E-state index in [1.807, 2.05) is 0 Å². The second-order valence-corrected chi connectivity index (χ2v) is 6.59. The molecule has 150 valence electrons. The van der Waals surface area contributed by atoms with Gasteiger partial charge in [0.15, 0.2) is 0 Å². The summed E-state index contributed by atoms with van der Waals surface area (Å²) in [4.78, 5) is 24.2. The average Bonchev–Trinajstić information content (AvgIpc) is 2.67. The summed E-state index contributed by atoms with van der Waals surface area (Å²) >= 11 is 0. The average molecular weight is 393 g/mol. The molecule has 0 aliphatic carbocycles. The highest BCUT2D eigenvalue weighted by molar-refractivity contribution is 5.84. The molecule has 0 aliphatic rings. The number of carbonyl (C=O) groups excluding carboxylic acids is 1. The van der Waals surface area contributed by atoms with Crippen LogP contribution < -0.4 is 5.32 Å². The molecule has 2 unspecified atom stereocenters. The van der Waals surface area contributed by atoms with Crippen molar-refractivity contribution in [2.45, 2.75) is 37.3 Å². The van der Waals surface area contributed by atoms with E-state index < -0.39 is 35.8 Å². The number of alkyl halides is 3. The van der Waals surface area contributed by atoms with E-state index >= 15 is 0 Å². The maximum absolute atomic E-state index is 13.4. The SMILES string of the molecule is CCC(CNC(=O)CC(c1ccccc1)C(F)(F)F)(C(=O)O)c1ccccc1. The number of benzene rings is 2. The Balaban J connectivity index is 2.17. The maximum Gasteiger partial charge on any atom is 0.396 e. The van der Waals surface area contributed by atoms with Crippen LogP contribution in [0, 0.1) is 0 Å². The van der Waals surface area contributed by atoms with E-state index in [9.17, 15) is 27.9 Å². The molecule has 2 aromatic rings. The van der Waals surface area contributed by atoms with Gasteiger partial charge in [0.1, 0.15) is 5.41 Å². The Morgan fingerprint density at radius 3 is 2.00 bits per heavy atom. The van der Waals surface area contributed by atoms with Crippen molar-refractivity contribution >= 4 is 11.9 Å². The minimum atomic E-state index is -4.59. The van der Waals surface area contributed by atoms with Gasteiger partial charge in [-0.15, -0.1) is 0 Å². The smallest absolute Gasteiger partial charge is 0.396 e. The van der Waals surface area contributed by atoms with Crippen LogP contribution in [0.4, 0.5) is 13.2 Å². The molecular formula is C21H22F3NO3. The van der Waals surface area contributed by atoms with Crippen molar-refractivity contribution in [2.75, 3.05) is 6.54 Å². The number of aliphatic carboxylic acids is 1. The van der Waals surface area contributed by atoms with Crippen molar-refractivity contribution in [3.05, 3.63) is 71.8 Å². The maximum atomic E-state index is 13.4. The first-order chi connectivity index (χ1) is 13.2. The third-order valence-corrected chi connectivity index (χ3v) is 4.91. The first-order valence-electron chi connectivity index (χ1n) is 8.88. The monoisotopic (exact) mass is 393 g/mol. The number of carboxylic acid groups (broad SMARTS) is 1. The zero-order chi connectivity index (χ0) is 20.8. The van der Waals surface area contributed by atoms with Gasteiger partial charge in [0.25, 0.3) is 0 Å². The zero-order valence-electron chi connectivity index (χ0n) is 15.4. The van der Waals surface area contributed by atoms with Crippen molar-refractivity contribution in [1.82, 2.24) is 5.32 Å². The largest absolute Gasteiger partial charge is 0.481 e. The zero-order valence-corrected chi connectivity index (χ0v) is 15.4. The van der Waals surface area contributed by atoms with Crippen molar-refractivity contribution in [3.63, 3.8) is 0 Å². The Morgan fingerprint density at radius 2 is 1.54 bits per heavy atom. The number of carboxylic acids is 1. The third kappa shape index (κ3) is 4.91. The molecule has 0 aliphatic heterocycles. The highest BCUT2D eigenvalue weighted by Crippen LogP contribution is 2.37. The second-order valence-electron chi connectivity index (χ2n) is 6.59. The van der Waals surface area contributed by atoms with Crippen molar-refractivity contribution < 1.29 is 27.9 Å². The Kier molecular flexibility index (Phi) is 6.83. The van der Waals surface area contributed by atoms with Gasteiger partial charge in [0.2, 0.25) is 5.91 Å². The number of amides is 1. The first kappa shape index (κ1) is 21.5. The van der Waals surface area contributed by atoms with Crippen LogP contribution in [0.5, 0.6) is 0 Å². The molecular weight excluding hydrogens is 371 g/mol. The van der Waals surface area contributed by atoms with Gasteiger partial charge in [-0.3, -0.25) is 9.59 Å². The summed E-state index contributed by atoms with van der Waals surface area (Å²) in [6.45, 7) is 1.37. The molecule has 0 heterocycles. The lowest BCUT2D eigenvalue weighted by Crippen LogP contribution is -2.46. The lowest BCUT2D eigenvalue weighted by atomic mass is 9.78. The molecule has 2 atom stereocenters. The van der Waals surface area contributed by atoms with E-state index in [0.717, 1.165) is 0 Å². The summed E-state index contributed by atoms with van der Waals surface area (Å²) in [5, 5.41) is 12.2. The molecule has 0 spiro atoms. The van der Waals surface area contributed by atoms with E-state index in [1.165, 1.54) is 24.3 Å². The van der Waals surface area contributed by atoms with Crippen LogP contribution in [-0.2, 0) is 15.0 Å². The van der Waals surface area contributed by atoms with Gasteiger partial charge >= 0.3 is 12.1 Å². The normalized spacial score (nSPS) is 14.7. The summed E-state index contributed by atoms with van der Waals surface area (Å²) in [6.07, 6.45) is -5.22. The van der Waals surface area contributed by atoms with Gasteiger partial charge in [-0.2, -0.15) is 13.2 Å². The van der Waals surface area contributed by atoms with Crippen LogP contribution in [0.1, 0.15) is 36.8 Å². The Hall–Kier alpha value is -2.83. The van der Waals surface area contributed by atoms with Crippen LogP contribution in [-0.4, -0.2) is 29.7 Å². The van der Waals surface area contributed by atoms with E-state index in [4.69, 9.17) is 0 Å². The van der Waals surface area contributed by atoms with E-state index in [0.29, 0.717) is 5.56 Å². The lowest BCUT2D eigenvalue weighted by Gasteiger charge is -2.29. The highest BCUT2D eigenvalue weighted by Gasteiger charge is 2.43. The number of carbonyl (C=O) groups is 2. The lowest BCUT2D eigenvalue weighted by molar-refractivity contribution is -0.157. The molecule has 7 heteroatoms. The second kappa shape index (κ2) is 8.91. The fourth-order valence-electron chi connectivity index (χ4n) is 3.15. The van der Waals surface area contributed by atoms with Gasteiger partial charge in [0.05, 0.1) is 5.92 Å². The highest BCUT2D eigenvalue weighted by atomic mass is 19.4. The third-order valence-electron chi connectivity index (χ3n) is 4.91. The first-order valence-corrected chi connectivity index (χ1v) is 8.88. The summed E-state index contributed by atoms with van der Waals surface area (Å²) in [5.74, 6) is -3.94. The molecule has 2 aromatic carbocycles. The molecule has 2 N–H and O–H groups in total. The van der Waals surface area contributed by atoms with Gasteiger partial charge in [0, 0.05) is 13.0 Å². The molecule has 0 saturated heterocycles. The van der Waals surface area contributed by atoms with Crippen molar-refractivity contribution in [2.24, 2.45) is 0 Å². The number of hydrogen-bond acceptors (Lipinski definition) is 2. The number of hydrogen-bond donors (Lipinski definition) is 2. The van der Waals surface area contributed by atoms with Crippen LogP contribution in [0.15, 0.2) is 60.7 Å². The van der Waals surface area contributed by atoms with Crippen molar-refractivity contribution in [3.8, 4) is 0 Å². The van der Waals surface area contributed by atoms with E-state index in [2.05, 4.69) is 5.32 Å². The van der Waals surface area contributed by atoms with Crippen molar-refractivity contribution in [1.29, 1.82) is 0 Å². The molecule has 0 fully saturated rings. The number of halogens is 3. The fraction of sp³-hybridized carbons (Fsp3) is 0.333. The van der Waals surface area contributed by atoms with Gasteiger partial charge < -0.3 is 10.4 Å². The summed E-state index contributed by atoms with van der Waals surface area (Å²) in [6, 6.07) is 15.6. The van der Waals surface area contributed by atoms with E-state index in [-0.39, 0.29) is 18.5 Å². The minimum Gasteiger partial charge on any atom is -0.481 e. The molecule has 0 radical (unpaired) electrons. The van der Waals surface area contributed by atoms with Gasteiger partial charge in [-0.25, -0.2) is 0 Å². The molecule has 0 saturated carbocycles. The molecule has 0 bridgehead atoms. The molecule has 0 aromatic heterocycles. The van der Waals surface area contributed by atoms with E-state index in [1.54, 1.807) is 43.3 Å². The quantitative estimate of drug-likeness (QED) is 0.704. The van der Waals surface area contributed by atoms with Crippen LogP contribution in [0.3, 0.4) is 0 Å². The van der Waals surface area contributed by atoms with Crippen LogP contribution in [0.2, 0.25) is 0 Å².